The van der Waals surface area contributed by atoms with Gasteiger partial charge < -0.3 is 9.73 Å². The Bertz CT molecular complexity index is 297. The predicted octanol–water partition coefficient (Wildman–Crippen LogP) is 3.07. The average molecular weight is 290 g/mol. The number of hydrogen-bond acceptors (Lipinski definition) is 3. The van der Waals surface area contributed by atoms with E-state index in [1.165, 1.54) is 24.3 Å². The minimum Gasteiger partial charge on any atom is -0.454 e. The molecule has 0 saturated carbocycles. The normalized spacial score (nSPS) is 21.8. The molecular formula is C11H16BrNOS. The second kappa shape index (κ2) is 5.97. The summed E-state index contributed by atoms with van der Waals surface area (Å²) < 4.78 is 6.27. The van der Waals surface area contributed by atoms with Crippen LogP contribution < -0.4 is 5.32 Å². The highest BCUT2D eigenvalue weighted by Crippen LogP contribution is 2.17. The van der Waals surface area contributed by atoms with Crippen molar-refractivity contribution in [3.63, 3.8) is 0 Å². The van der Waals surface area contributed by atoms with Crippen LogP contribution in [0.25, 0.3) is 0 Å². The lowest BCUT2D eigenvalue weighted by atomic mass is 10.2. The van der Waals surface area contributed by atoms with E-state index >= 15 is 0 Å². The van der Waals surface area contributed by atoms with Crippen LogP contribution in [0.3, 0.4) is 0 Å². The monoisotopic (exact) mass is 289 g/mol. The summed E-state index contributed by atoms with van der Waals surface area (Å²) in [5, 5.41) is 3.58. The summed E-state index contributed by atoms with van der Waals surface area (Å²) in [7, 11) is 0. The molecule has 1 atom stereocenters. The molecule has 1 fully saturated rings. The molecule has 0 unspecified atom stereocenters. The van der Waals surface area contributed by atoms with Gasteiger partial charge in [-0.05, 0) is 46.7 Å². The number of rotatable bonds is 4. The molecule has 2 rings (SSSR count). The summed E-state index contributed by atoms with van der Waals surface area (Å²) in [6.07, 6.45) is 3.66. The lowest BCUT2D eigenvalue weighted by Gasteiger charge is -2.22. The number of thioether (sulfide) groups is 1. The van der Waals surface area contributed by atoms with Crippen LogP contribution >= 0.6 is 27.7 Å². The molecule has 1 aromatic rings. The highest BCUT2D eigenvalue weighted by atomic mass is 79.9. The minimum absolute atomic E-state index is 0.710. The van der Waals surface area contributed by atoms with Crippen LogP contribution in [0, 0.1) is 0 Å². The van der Waals surface area contributed by atoms with Gasteiger partial charge in [-0.1, -0.05) is 0 Å². The maximum absolute atomic E-state index is 5.44. The first-order valence-electron chi connectivity index (χ1n) is 5.40. The van der Waals surface area contributed by atoms with Gasteiger partial charge in [0.15, 0.2) is 4.67 Å². The number of halogens is 1. The molecule has 2 nitrogen and oxygen atoms in total. The lowest BCUT2D eigenvalue weighted by molar-refractivity contribution is 0.458. The first-order chi connectivity index (χ1) is 7.34. The van der Waals surface area contributed by atoms with E-state index in [1.807, 2.05) is 12.1 Å². The van der Waals surface area contributed by atoms with Gasteiger partial charge >= 0.3 is 0 Å². The Labute approximate surface area is 103 Å². The van der Waals surface area contributed by atoms with E-state index in [4.69, 9.17) is 4.42 Å². The molecule has 0 aliphatic carbocycles. The van der Waals surface area contributed by atoms with E-state index in [0.29, 0.717) is 6.04 Å². The molecule has 84 valence electrons. The van der Waals surface area contributed by atoms with Gasteiger partial charge in [0.2, 0.25) is 0 Å². The molecule has 1 aliphatic heterocycles. The van der Waals surface area contributed by atoms with Gasteiger partial charge in [0.25, 0.3) is 0 Å². The first-order valence-corrected chi connectivity index (χ1v) is 7.35. The third-order valence-corrected chi connectivity index (χ3v) is 4.24. The molecule has 1 aliphatic rings. The maximum Gasteiger partial charge on any atom is 0.169 e. The van der Waals surface area contributed by atoms with Crippen molar-refractivity contribution >= 4 is 27.7 Å². The van der Waals surface area contributed by atoms with Crippen molar-refractivity contribution in [1.82, 2.24) is 5.32 Å². The third kappa shape index (κ3) is 3.85. The number of furan rings is 1. The van der Waals surface area contributed by atoms with Crippen molar-refractivity contribution in [2.75, 3.05) is 18.1 Å². The predicted molar refractivity (Wildman–Crippen MR) is 68.5 cm³/mol. The average Bonchev–Trinajstić information content (AvgIpc) is 2.66. The minimum atomic E-state index is 0.710. The largest absolute Gasteiger partial charge is 0.454 e. The quantitative estimate of drug-likeness (QED) is 0.922. The van der Waals surface area contributed by atoms with Crippen molar-refractivity contribution in [1.29, 1.82) is 0 Å². The summed E-state index contributed by atoms with van der Waals surface area (Å²) in [5.41, 5.74) is 0. The van der Waals surface area contributed by atoms with Crippen molar-refractivity contribution in [2.24, 2.45) is 0 Å². The molecule has 0 aromatic carbocycles. The summed E-state index contributed by atoms with van der Waals surface area (Å²) in [5.74, 6) is 3.66. The fourth-order valence-electron chi connectivity index (χ4n) is 1.79. The van der Waals surface area contributed by atoms with Gasteiger partial charge in [0.05, 0.1) is 0 Å². The Morgan fingerprint density at radius 3 is 3.13 bits per heavy atom. The van der Waals surface area contributed by atoms with E-state index in [0.717, 1.165) is 23.4 Å². The van der Waals surface area contributed by atoms with Gasteiger partial charge in [-0.3, -0.25) is 0 Å². The van der Waals surface area contributed by atoms with Crippen LogP contribution in [0.1, 0.15) is 18.6 Å². The van der Waals surface area contributed by atoms with E-state index in [2.05, 4.69) is 33.0 Å². The second-order valence-corrected chi connectivity index (χ2v) is 5.76. The Morgan fingerprint density at radius 1 is 1.53 bits per heavy atom. The van der Waals surface area contributed by atoms with Gasteiger partial charge in [-0.15, -0.1) is 0 Å². The Balaban J connectivity index is 1.65. The highest BCUT2D eigenvalue weighted by Gasteiger charge is 2.12. The Hall–Kier alpha value is 0.0700. The molecule has 1 N–H and O–H groups in total. The molecular weight excluding hydrogens is 274 g/mol. The molecule has 0 amide bonds. The van der Waals surface area contributed by atoms with Crippen molar-refractivity contribution in [3.05, 3.63) is 22.6 Å². The SMILES string of the molecule is Brc1ccc(CCN[C@H]2CCCSC2)o1. The molecule has 1 aromatic heterocycles. The zero-order valence-electron chi connectivity index (χ0n) is 8.67. The smallest absolute Gasteiger partial charge is 0.169 e. The van der Waals surface area contributed by atoms with E-state index < -0.39 is 0 Å². The fourth-order valence-corrected chi connectivity index (χ4v) is 3.23. The van der Waals surface area contributed by atoms with Crippen LogP contribution in [-0.4, -0.2) is 24.1 Å². The Morgan fingerprint density at radius 2 is 2.47 bits per heavy atom. The van der Waals surface area contributed by atoms with Crippen molar-refractivity contribution in [3.8, 4) is 0 Å². The molecule has 0 bridgehead atoms. The van der Waals surface area contributed by atoms with Crippen LogP contribution in [0.15, 0.2) is 21.2 Å². The first kappa shape index (κ1) is 11.6. The van der Waals surface area contributed by atoms with Crippen LogP contribution in [0.2, 0.25) is 0 Å². The molecule has 0 radical (unpaired) electrons. The summed E-state index contributed by atoms with van der Waals surface area (Å²) in [6, 6.07) is 4.69. The maximum atomic E-state index is 5.44. The molecule has 15 heavy (non-hydrogen) atoms. The molecule has 1 saturated heterocycles. The summed E-state index contributed by atoms with van der Waals surface area (Å²) in [6.45, 7) is 1.02. The number of hydrogen-bond donors (Lipinski definition) is 1. The second-order valence-electron chi connectivity index (χ2n) is 3.82. The van der Waals surface area contributed by atoms with Crippen LogP contribution in [0.4, 0.5) is 0 Å². The zero-order valence-corrected chi connectivity index (χ0v) is 11.1. The molecule has 0 spiro atoms. The summed E-state index contributed by atoms with van der Waals surface area (Å²) in [4.78, 5) is 0. The molecule has 4 heteroatoms. The third-order valence-electron chi connectivity index (χ3n) is 2.59. The van der Waals surface area contributed by atoms with Crippen LogP contribution in [-0.2, 0) is 6.42 Å². The summed E-state index contributed by atoms with van der Waals surface area (Å²) >= 11 is 5.37. The van der Waals surface area contributed by atoms with E-state index in [1.54, 1.807) is 0 Å². The van der Waals surface area contributed by atoms with Gasteiger partial charge in [-0.25, -0.2) is 0 Å². The topological polar surface area (TPSA) is 25.2 Å². The fraction of sp³-hybridized carbons (Fsp3) is 0.636. The van der Waals surface area contributed by atoms with Crippen LogP contribution in [0.5, 0.6) is 0 Å². The van der Waals surface area contributed by atoms with Crippen molar-refractivity contribution in [2.45, 2.75) is 25.3 Å². The van der Waals surface area contributed by atoms with Gasteiger partial charge in [0.1, 0.15) is 5.76 Å². The van der Waals surface area contributed by atoms with Gasteiger partial charge in [0, 0.05) is 24.8 Å². The van der Waals surface area contributed by atoms with E-state index in [9.17, 15) is 0 Å². The Kier molecular flexibility index (Phi) is 4.60. The standard InChI is InChI=1S/C11H16BrNOS/c12-11-4-3-10(14-11)5-6-13-9-2-1-7-15-8-9/h3-4,9,13H,1-2,5-8H2/t9-/m0/s1. The zero-order chi connectivity index (χ0) is 10.5. The number of nitrogens with one attached hydrogen (secondary N) is 1. The van der Waals surface area contributed by atoms with E-state index in [-0.39, 0.29) is 0 Å². The molecule has 2 heterocycles. The van der Waals surface area contributed by atoms with Crippen molar-refractivity contribution < 1.29 is 4.42 Å². The highest BCUT2D eigenvalue weighted by molar-refractivity contribution is 9.10. The lowest BCUT2D eigenvalue weighted by Crippen LogP contribution is -2.35. The van der Waals surface area contributed by atoms with Gasteiger partial charge in [-0.2, -0.15) is 11.8 Å².